The number of hydrogen-bond donors (Lipinski definition) is 2. The molecule has 1 aromatic rings. The van der Waals surface area contributed by atoms with E-state index in [2.05, 4.69) is 32.1 Å². The summed E-state index contributed by atoms with van der Waals surface area (Å²) < 4.78 is 0. The van der Waals surface area contributed by atoms with E-state index in [1.807, 2.05) is 14.1 Å². The SMILES string of the molecule is C=CCNC(=O)c1cnc(NCCCN(C)C)cn1. The fraction of sp³-hybridized carbons (Fsp3) is 0.462. The van der Waals surface area contributed by atoms with Crippen molar-refractivity contribution in [2.24, 2.45) is 0 Å². The van der Waals surface area contributed by atoms with Gasteiger partial charge in [-0.2, -0.15) is 0 Å². The van der Waals surface area contributed by atoms with E-state index in [4.69, 9.17) is 0 Å². The molecular formula is C13H21N5O. The van der Waals surface area contributed by atoms with Gasteiger partial charge >= 0.3 is 0 Å². The topological polar surface area (TPSA) is 70.2 Å². The average molecular weight is 263 g/mol. The molecule has 0 spiro atoms. The molecule has 0 fully saturated rings. The Morgan fingerprint density at radius 3 is 2.79 bits per heavy atom. The zero-order valence-corrected chi connectivity index (χ0v) is 11.5. The molecule has 0 radical (unpaired) electrons. The third kappa shape index (κ3) is 5.96. The van der Waals surface area contributed by atoms with E-state index in [-0.39, 0.29) is 5.91 Å². The quantitative estimate of drug-likeness (QED) is 0.535. The first-order valence-corrected chi connectivity index (χ1v) is 6.23. The van der Waals surface area contributed by atoms with Crippen LogP contribution in [-0.2, 0) is 0 Å². The third-order valence-corrected chi connectivity index (χ3v) is 2.38. The smallest absolute Gasteiger partial charge is 0.271 e. The Labute approximate surface area is 113 Å². The summed E-state index contributed by atoms with van der Waals surface area (Å²) in [7, 11) is 4.08. The van der Waals surface area contributed by atoms with Gasteiger partial charge in [-0.25, -0.2) is 9.97 Å². The minimum absolute atomic E-state index is 0.244. The van der Waals surface area contributed by atoms with Gasteiger partial charge in [0.05, 0.1) is 12.4 Å². The fourth-order valence-electron chi connectivity index (χ4n) is 1.40. The fourth-order valence-corrected chi connectivity index (χ4v) is 1.40. The van der Waals surface area contributed by atoms with Crippen LogP contribution in [0.4, 0.5) is 5.82 Å². The molecule has 0 saturated heterocycles. The van der Waals surface area contributed by atoms with E-state index < -0.39 is 0 Å². The number of carbonyl (C=O) groups excluding carboxylic acids is 1. The molecule has 104 valence electrons. The molecule has 19 heavy (non-hydrogen) atoms. The van der Waals surface area contributed by atoms with Crippen molar-refractivity contribution in [2.75, 3.05) is 39.0 Å². The lowest BCUT2D eigenvalue weighted by molar-refractivity contribution is 0.0952. The zero-order chi connectivity index (χ0) is 14.1. The molecular weight excluding hydrogens is 242 g/mol. The normalized spacial score (nSPS) is 10.3. The lowest BCUT2D eigenvalue weighted by Crippen LogP contribution is -2.24. The number of anilines is 1. The first-order valence-electron chi connectivity index (χ1n) is 6.23. The number of carbonyl (C=O) groups is 1. The van der Waals surface area contributed by atoms with Crippen LogP contribution in [0.1, 0.15) is 16.9 Å². The molecule has 1 rings (SSSR count). The van der Waals surface area contributed by atoms with E-state index in [0.717, 1.165) is 19.5 Å². The highest BCUT2D eigenvalue weighted by Gasteiger charge is 2.06. The van der Waals surface area contributed by atoms with Crippen molar-refractivity contribution in [3.05, 3.63) is 30.7 Å². The van der Waals surface area contributed by atoms with Crippen LogP contribution in [0.5, 0.6) is 0 Å². The number of aromatic nitrogens is 2. The summed E-state index contributed by atoms with van der Waals surface area (Å²) in [5.41, 5.74) is 0.306. The Balaban J connectivity index is 2.38. The van der Waals surface area contributed by atoms with Gasteiger partial charge in [0.2, 0.25) is 0 Å². The first kappa shape index (κ1) is 15.1. The van der Waals surface area contributed by atoms with Crippen LogP contribution in [0, 0.1) is 0 Å². The highest BCUT2D eigenvalue weighted by molar-refractivity contribution is 5.92. The van der Waals surface area contributed by atoms with Crippen molar-refractivity contribution in [2.45, 2.75) is 6.42 Å². The van der Waals surface area contributed by atoms with Gasteiger partial charge in [0.15, 0.2) is 0 Å². The van der Waals surface area contributed by atoms with E-state index in [9.17, 15) is 4.79 Å². The summed E-state index contributed by atoms with van der Waals surface area (Å²) in [5.74, 6) is 0.436. The van der Waals surface area contributed by atoms with Crippen LogP contribution in [0.2, 0.25) is 0 Å². The maximum Gasteiger partial charge on any atom is 0.271 e. The molecule has 1 heterocycles. The second-order valence-electron chi connectivity index (χ2n) is 4.37. The van der Waals surface area contributed by atoms with E-state index >= 15 is 0 Å². The highest BCUT2D eigenvalue weighted by atomic mass is 16.1. The molecule has 6 heteroatoms. The van der Waals surface area contributed by atoms with Crippen molar-refractivity contribution in [3.63, 3.8) is 0 Å². The number of rotatable bonds is 8. The molecule has 0 aliphatic heterocycles. The van der Waals surface area contributed by atoms with E-state index in [1.54, 1.807) is 12.3 Å². The van der Waals surface area contributed by atoms with E-state index in [0.29, 0.717) is 18.1 Å². The van der Waals surface area contributed by atoms with Crippen molar-refractivity contribution in [1.82, 2.24) is 20.2 Å². The lowest BCUT2D eigenvalue weighted by Gasteiger charge is -2.10. The van der Waals surface area contributed by atoms with Gasteiger partial charge in [0.25, 0.3) is 5.91 Å². The summed E-state index contributed by atoms with van der Waals surface area (Å²) in [6.45, 7) is 5.80. The first-order chi connectivity index (χ1) is 9.13. The maximum atomic E-state index is 11.6. The summed E-state index contributed by atoms with van der Waals surface area (Å²) in [6.07, 6.45) is 5.67. The van der Waals surface area contributed by atoms with E-state index in [1.165, 1.54) is 6.20 Å². The molecule has 1 aromatic heterocycles. The minimum atomic E-state index is -0.244. The molecule has 0 aromatic carbocycles. The molecule has 0 unspecified atom stereocenters. The van der Waals surface area contributed by atoms with Gasteiger partial charge in [-0.05, 0) is 27.1 Å². The molecule has 0 aliphatic carbocycles. The average Bonchev–Trinajstić information content (AvgIpc) is 2.41. The highest BCUT2D eigenvalue weighted by Crippen LogP contribution is 2.01. The molecule has 2 N–H and O–H groups in total. The molecule has 1 amide bonds. The molecule has 0 bridgehead atoms. The Bertz CT molecular complexity index is 402. The Kier molecular flexibility index (Phi) is 6.52. The molecule has 0 saturated carbocycles. The van der Waals surface area contributed by atoms with Crippen LogP contribution in [0.3, 0.4) is 0 Å². The number of nitrogens with one attached hydrogen (secondary N) is 2. The van der Waals surface area contributed by atoms with Crippen LogP contribution in [0.15, 0.2) is 25.0 Å². The standard InChI is InChI=1S/C13H21N5O/c1-4-6-15-13(19)11-9-17-12(10-16-11)14-7-5-8-18(2)3/h4,9-10H,1,5-8H2,2-3H3,(H,14,17)(H,15,19). The largest absolute Gasteiger partial charge is 0.369 e. The Hall–Kier alpha value is -1.95. The van der Waals surface area contributed by atoms with Gasteiger partial charge in [0.1, 0.15) is 11.5 Å². The second kappa shape index (κ2) is 8.20. The monoisotopic (exact) mass is 263 g/mol. The summed E-state index contributed by atoms with van der Waals surface area (Å²) in [5, 5.41) is 5.81. The third-order valence-electron chi connectivity index (χ3n) is 2.38. The predicted octanol–water partition coefficient (Wildman–Crippen LogP) is 0.756. The van der Waals surface area contributed by atoms with Crippen LogP contribution in [-0.4, -0.2) is 54.5 Å². The predicted molar refractivity (Wildman–Crippen MR) is 76.2 cm³/mol. The second-order valence-corrected chi connectivity index (χ2v) is 4.37. The van der Waals surface area contributed by atoms with Crippen molar-refractivity contribution >= 4 is 11.7 Å². The van der Waals surface area contributed by atoms with Crippen LogP contribution in [0.25, 0.3) is 0 Å². The van der Waals surface area contributed by atoms with Crippen molar-refractivity contribution < 1.29 is 4.79 Å². The zero-order valence-electron chi connectivity index (χ0n) is 11.5. The molecule has 6 nitrogen and oxygen atoms in total. The van der Waals surface area contributed by atoms with Gasteiger partial charge in [-0.15, -0.1) is 6.58 Å². The van der Waals surface area contributed by atoms with Crippen molar-refractivity contribution in [1.29, 1.82) is 0 Å². The molecule has 0 aliphatic rings. The van der Waals surface area contributed by atoms with Gasteiger partial charge < -0.3 is 15.5 Å². The minimum Gasteiger partial charge on any atom is -0.369 e. The number of amides is 1. The van der Waals surface area contributed by atoms with Gasteiger partial charge in [0, 0.05) is 13.1 Å². The van der Waals surface area contributed by atoms with Crippen molar-refractivity contribution in [3.8, 4) is 0 Å². The summed E-state index contributed by atoms with van der Waals surface area (Å²) in [6, 6.07) is 0. The Morgan fingerprint density at radius 2 is 2.21 bits per heavy atom. The maximum absolute atomic E-state index is 11.6. The summed E-state index contributed by atoms with van der Waals surface area (Å²) >= 11 is 0. The van der Waals surface area contributed by atoms with Gasteiger partial charge in [-0.1, -0.05) is 6.08 Å². The van der Waals surface area contributed by atoms with Crippen LogP contribution >= 0.6 is 0 Å². The van der Waals surface area contributed by atoms with Gasteiger partial charge in [-0.3, -0.25) is 4.79 Å². The molecule has 0 atom stereocenters. The summed E-state index contributed by atoms with van der Waals surface area (Å²) in [4.78, 5) is 21.9. The van der Waals surface area contributed by atoms with Crippen LogP contribution < -0.4 is 10.6 Å². The lowest BCUT2D eigenvalue weighted by atomic mass is 10.4. The number of hydrogen-bond acceptors (Lipinski definition) is 5. The number of nitrogens with zero attached hydrogens (tertiary/aromatic N) is 3. The Morgan fingerprint density at radius 1 is 1.42 bits per heavy atom.